The molecule has 35 heavy (non-hydrogen) atoms. The lowest BCUT2D eigenvalue weighted by atomic mass is 9.96. The van der Waals surface area contributed by atoms with Gasteiger partial charge in [-0.2, -0.15) is 4.98 Å². The lowest BCUT2D eigenvalue weighted by Gasteiger charge is -2.32. The zero-order valence-corrected chi connectivity index (χ0v) is 19.8. The second-order valence-corrected chi connectivity index (χ2v) is 8.72. The number of hydrogen-bond donors (Lipinski definition) is 0. The average molecular weight is 467 g/mol. The molecule has 0 radical (unpaired) electrons. The number of aryl methyl sites for hydroxylation is 2. The summed E-state index contributed by atoms with van der Waals surface area (Å²) < 4.78 is 6.06. The predicted octanol–water partition coefficient (Wildman–Crippen LogP) is 4.76. The van der Waals surface area contributed by atoms with Crippen LogP contribution in [0, 0.1) is 13.8 Å². The van der Waals surface area contributed by atoms with E-state index in [1.54, 1.807) is 24.7 Å². The largest absolute Gasteiger partial charge is 0.439 e. The Morgan fingerprint density at radius 2 is 1.86 bits per heavy atom. The number of likely N-dealkylation sites (tertiary alicyclic amines) is 1. The van der Waals surface area contributed by atoms with Crippen molar-refractivity contribution in [2.24, 2.45) is 0 Å². The van der Waals surface area contributed by atoms with Gasteiger partial charge in [-0.1, -0.05) is 18.2 Å². The van der Waals surface area contributed by atoms with Crippen molar-refractivity contribution in [2.45, 2.75) is 32.6 Å². The number of para-hydroxylation sites is 1. The van der Waals surface area contributed by atoms with Crippen LogP contribution in [0.1, 0.15) is 46.2 Å². The van der Waals surface area contributed by atoms with Gasteiger partial charge in [-0.25, -0.2) is 15.0 Å². The Hall–Kier alpha value is -4.20. The molecule has 1 amide bonds. The normalized spacial score (nSPS) is 15.6. The molecule has 0 N–H and O–H groups in total. The molecule has 0 unspecified atom stereocenters. The van der Waals surface area contributed by atoms with Crippen molar-refractivity contribution < 1.29 is 9.53 Å². The summed E-state index contributed by atoms with van der Waals surface area (Å²) in [4.78, 5) is 37.0. The minimum atomic E-state index is -0.0397. The number of hydrogen-bond acceptors (Lipinski definition) is 7. The number of amides is 1. The van der Waals surface area contributed by atoms with Crippen molar-refractivity contribution in [1.29, 1.82) is 0 Å². The minimum absolute atomic E-state index is 0.0397. The van der Waals surface area contributed by atoms with Gasteiger partial charge in [-0.3, -0.25) is 9.78 Å². The highest BCUT2D eigenvalue weighted by molar-refractivity contribution is 5.94. The maximum Gasteiger partial charge on any atom is 0.255 e. The number of rotatable bonds is 5. The van der Waals surface area contributed by atoms with E-state index in [9.17, 15) is 4.79 Å². The molecule has 0 saturated carbocycles. The molecule has 1 aliphatic rings. The Bertz CT molecular complexity index is 1330. The van der Waals surface area contributed by atoms with Gasteiger partial charge in [0, 0.05) is 54.9 Å². The van der Waals surface area contributed by atoms with Crippen LogP contribution >= 0.6 is 0 Å². The number of pyridine rings is 1. The third-order valence-electron chi connectivity index (χ3n) is 6.10. The molecule has 4 aromatic rings. The molecule has 0 aliphatic carbocycles. The molecule has 0 bridgehead atoms. The zero-order valence-electron chi connectivity index (χ0n) is 19.8. The first-order chi connectivity index (χ1) is 17.1. The molecule has 8 heteroatoms. The molecule has 1 aliphatic heterocycles. The topological polar surface area (TPSA) is 94.0 Å². The molecule has 1 atom stereocenters. The summed E-state index contributed by atoms with van der Waals surface area (Å²) in [6.45, 7) is 5.19. The SMILES string of the molecule is Cc1cc(Oc2ccccc2C)nc([C@H]2CCCN(C(=O)c3ccc(-c4cncnc4)nc3)C2)n1. The van der Waals surface area contributed by atoms with Crippen LogP contribution in [-0.4, -0.2) is 48.8 Å². The highest BCUT2D eigenvalue weighted by Crippen LogP contribution is 2.29. The predicted molar refractivity (Wildman–Crippen MR) is 131 cm³/mol. The smallest absolute Gasteiger partial charge is 0.255 e. The average Bonchev–Trinajstić information content (AvgIpc) is 2.90. The number of piperidine rings is 1. The molecular formula is C27H26N6O2. The second-order valence-electron chi connectivity index (χ2n) is 8.72. The molecular weight excluding hydrogens is 440 g/mol. The van der Waals surface area contributed by atoms with E-state index in [-0.39, 0.29) is 11.8 Å². The fourth-order valence-corrected chi connectivity index (χ4v) is 4.26. The van der Waals surface area contributed by atoms with Gasteiger partial charge in [0.05, 0.1) is 11.3 Å². The van der Waals surface area contributed by atoms with Crippen molar-refractivity contribution in [2.75, 3.05) is 13.1 Å². The van der Waals surface area contributed by atoms with Gasteiger partial charge >= 0.3 is 0 Å². The lowest BCUT2D eigenvalue weighted by molar-refractivity contribution is 0.0704. The first-order valence-electron chi connectivity index (χ1n) is 11.7. The summed E-state index contributed by atoms with van der Waals surface area (Å²) in [5.74, 6) is 2.01. The number of carbonyl (C=O) groups is 1. The van der Waals surface area contributed by atoms with Crippen LogP contribution < -0.4 is 4.74 Å². The Morgan fingerprint density at radius 1 is 1.03 bits per heavy atom. The zero-order chi connectivity index (χ0) is 24.2. The number of carbonyl (C=O) groups excluding carboxylic acids is 1. The van der Waals surface area contributed by atoms with E-state index in [0.717, 1.165) is 41.1 Å². The number of nitrogens with zero attached hydrogens (tertiary/aromatic N) is 6. The Morgan fingerprint density at radius 3 is 2.63 bits per heavy atom. The minimum Gasteiger partial charge on any atom is -0.439 e. The Labute approximate surface area is 204 Å². The van der Waals surface area contributed by atoms with E-state index in [2.05, 4.69) is 19.9 Å². The van der Waals surface area contributed by atoms with Crippen LogP contribution in [0.3, 0.4) is 0 Å². The Balaban J connectivity index is 1.31. The quantitative estimate of drug-likeness (QED) is 0.419. The van der Waals surface area contributed by atoms with Crippen molar-refractivity contribution in [1.82, 2.24) is 29.8 Å². The summed E-state index contributed by atoms with van der Waals surface area (Å²) in [7, 11) is 0. The van der Waals surface area contributed by atoms with Gasteiger partial charge < -0.3 is 9.64 Å². The molecule has 4 heterocycles. The summed E-state index contributed by atoms with van der Waals surface area (Å²) in [6, 6.07) is 13.3. The van der Waals surface area contributed by atoms with Crippen LogP contribution in [0.25, 0.3) is 11.3 Å². The van der Waals surface area contributed by atoms with Crippen LogP contribution in [-0.2, 0) is 0 Å². The van der Waals surface area contributed by atoms with E-state index in [1.807, 2.05) is 55.1 Å². The van der Waals surface area contributed by atoms with Gasteiger partial charge in [0.25, 0.3) is 5.91 Å². The highest BCUT2D eigenvalue weighted by atomic mass is 16.5. The summed E-state index contributed by atoms with van der Waals surface area (Å²) >= 11 is 0. The van der Waals surface area contributed by atoms with Crippen LogP contribution in [0.2, 0.25) is 0 Å². The van der Waals surface area contributed by atoms with E-state index in [1.165, 1.54) is 6.33 Å². The third-order valence-corrected chi connectivity index (χ3v) is 6.10. The molecule has 1 fully saturated rings. The maximum absolute atomic E-state index is 13.2. The summed E-state index contributed by atoms with van der Waals surface area (Å²) in [6.07, 6.45) is 8.29. The number of aromatic nitrogens is 5. The first-order valence-corrected chi connectivity index (χ1v) is 11.7. The third kappa shape index (κ3) is 5.16. The van der Waals surface area contributed by atoms with Crippen molar-refractivity contribution >= 4 is 5.91 Å². The number of benzene rings is 1. The summed E-state index contributed by atoms with van der Waals surface area (Å²) in [5.41, 5.74) is 3.98. The van der Waals surface area contributed by atoms with Gasteiger partial charge in [0.2, 0.25) is 5.88 Å². The second kappa shape index (κ2) is 9.97. The number of ether oxygens (including phenoxy) is 1. The van der Waals surface area contributed by atoms with E-state index >= 15 is 0 Å². The van der Waals surface area contributed by atoms with Gasteiger partial charge in [-0.15, -0.1) is 0 Å². The van der Waals surface area contributed by atoms with Crippen LogP contribution in [0.15, 0.2) is 67.4 Å². The van der Waals surface area contributed by atoms with E-state index < -0.39 is 0 Å². The van der Waals surface area contributed by atoms with E-state index in [4.69, 9.17) is 9.72 Å². The highest BCUT2D eigenvalue weighted by Gasteiger charge is 2.28. The van der Waals surface area contributed by atoms with Crippen molar-refractivity contribution in [3.8, 4) is 22.9 Å². The lowest BCUT2D eigenvalue weighted by Crippen LogP contribution is -2.39. The molecule has 0 spiro atoms. The van der Waals surface area contributed by atoms with E-state index in [0.29, 0.717) is 30.4 Å². The molecule has 3 aromatic heterocycles. The van der Waals surface area contributed by atoms with Crippen molar-refractivity contribution in [3.05, 3.63) is 90.0 Å². The van der Waals surface area contributed by atoms with Gasteiger partial charge in [-0.05, 0) is 50.5 Å². The van der Waals surface area contributed by atoms with Crippen LogP contribution in [0.4, 0.5) is 0 Å². The molecule has 5 rings (SSSR count). The monoisotopic (exact) mass is 466 g/mol. The first kappa shape index (κ1) is 22.6. The fourth-order valence-electron chi connectivity index (χ4n) is 4.26. The molecule has 1 saturated heterocycles. The molecule has 8 nitrogen and oxygen atoms in total. The van der Waals surface area contributed by atoms with Gasteiger partial charge in [0.1, 0.15) is 17.9 Å². The standard InChI is InChI=1S/C27H26N6O2/c1-18-6-3-4-8-24(18)35-25-12-19(2)31-26(32-25)21-7-5-11-33(16-21)27(34)20-9-10-23(30-15-20)22-13-28-17-29-14-22/h3-4,6,8-10,12-15,17,21H,5,7,11,16H2,1-2H3/t21-/m0/s1. The van der Waals surface area contributed by atoms with Gasteiger partial charge in [0.15, 0.2) is 0 Å². The van der Waals surface area contributed by atoms with Crippen LogP contribution in [0.5, 0.6) is 11.6 Å². The maximum atomic E-state index is 13.2. The fraction of sp³-hybridized carbons (Fsp3) is 0.259. The van der Waals surface area contributed by atoms with Crippen molar-refractivity contribution in [3.63, 3.8) is 0 Å². The molecule has 176 valence electrons. The Kier molecular flexibility index (Phi) is 6.43. The summed E-state index contributed by atoms with van der Waals surface area (Å²) in [5, 5.41) is 0. The molecule has 1 aromatic carbocycles.